The van der Waals surface area contributed by atoms with Crippen molar-refractivity contribution in [2.45, 2.75) is 0 Å². The zero-order valence-corrected chi connectivity index (χ0v) is 12.2. The molecule has 3 rings (SSSR count). The van der Waals surface area contributed by atoms with Gasteiger partial charge in [0.15, 0.2) is 5.82 Å². The van der Waals surface area contributed by atoms with Crippen molar-refractivity contribution in [3.05, 3.63) is 46.7 Å². The second-order valence-corrected chi connectivity index (χ2v) is 5.31. The SMILES string of the molecule is Nc1cc(N)cc(-c2nnnn2-c2ccc(Br)cc2F)c1. The van der Waals surface area contributed by atoms with Crippen molar-refractivity contribution in [1.29, 1.82) is 0 Å². The molecule has 1 heterocycles. The zero-order valence-electron chi connectivity index (χ0n) is 10.7. The maximum absolute atomic E-state index is 14.1. The molecule has 0 radical (unpaired) electrons. The van der Waals surface area contributed by atoms with E-state index < -0.39 is 5.82 Å². The van der Waals surface area contributed by atoms with Gasteiger partial charge in [0.1, 0.15) is 11.5 Å². The Morgan fingerprint density at radius 3 is 2.43 bits per heavy atom. The van der Waals surface area contributed by atoms with Gasteiger partial charge in [-0.15, -0.1) is 5.10 Å². The molecule has 0 atom stereocenters. The average molecular weight is 349 g/mol. The Bertz CT molecular complexity index is 796. The van der Waals surface area contributed by atoms with Crippen molar-refractivity contribution in [2.24, 2.45) is 0 Å². The number of rotatable bonds is 2. The molecular weight excluding hydrogens is 339 g/mol. The number of benzene rings is 2. The lowest BCUT2D eigenvalue weighted by Crippen LogP contribution is -2.03. The number of aromatic nitrogens is 4. The van der Waals surface area contributed by atoms with E-state index in [4.69, 9.17) is 11.5 Å². The van der Waals surface area contributed by atoms with E-state index in [1.807, 2.05) is 0 Å². The minimum Gasteiger partial charge on any atom is -0.399 e. The predicted molar refractivity (Wildman–Crippen MR) is 81.1 cm³/mol. The lowest BCUT2D eigenvalue weighted by molar-refractivity contribution is 0.607. The highest BCUT2D eigenvalue weighted by Gasteiger charge is 2.15. The number of nitrogens with two attached hydrogens (primary N) is 2. The molecule has 106 valence electrons. The van der Waals surface area contributed by atoms with Crippen LogP contribution >= 0.6 is 15.9 Å². The normalized spacial score (nSPS) is 10.8. The molecule has 0 saturated carbocycles. The molecule has 3 aromatic rings. The quantitative estimate of drug-likeness (QED) is 0.693. The van der Waals surface area contributed by atoms with Gasteiger partial charge in [-0.05, 0) is 46.8 Å². The molecule has 0 aliphatic heterocycles. The summed E-state index contributed by atoms with van der Waals surface area (Å²) >= 11 is 3.21. The van der Waals surface area contributed by atoms with Crippen LogP contribution in [-0.4, -0.2) is 20.2 Å². The second kappa shape index (κ2) is 5.13. The standard InChI is InChI=1S/C13H10BrFN6/c14-8-1-2-12(11(15)5-8)21-13(18-19-20-21)7-3-9(16)6-10(17)4-7/h1-6H,16-17H2. The summed E-state index contributed by atoms with van der Waals surface area (Å²) < 4.78 is 16.0. The third-order valence-electron chi connectivity index (χ3n) is 2.84. The van der Waals surface area contributed by atoms with Crippen LogP contribution in [0.5, 0.6) is 0 Å². The van der Waals surface area contributed by atoms with Gasteiger partial charge in [0.05, 0.1) is 0 Å². The molecule has 8 heteroatoms. The molecular formula is C13H10BrFN6. The van der Waals surface area contributed by atoms with Gasteiger partial charge in [-0.1, -0.05) is 15.9 Å². The van der Waals surface area contributed by atoms with Crippen LogP contribution in [0.15, 0.2) is 40.9 Å². The van der Waals surface area contributed by atoms with Gasteiger partial charge >= 0.3 is 0 Å². The summed E-state index contributed by atoms with van der Waals surface area (Å²) in [5.41, 5.74) is 13.3. The van der Waals surface area contributed by atoms with E-state index in [0.717, 1.165) is 0 Å². The van der Waals surface area contributed by atoms with Crippen LogP contribution < -0.4 is 11.5 Å². The maximum Gasteiger partial charge on any atom is 0.187 e. The molecule has 6 nitrogen and oxygen atoms in total. The molecule has 0 bridgehead atoms. The van der Waals surface area contributed by atoms with E-state index in [-0.39, 0.29) is 5.69 Å². The van der Waals surface area contributed by atoms with Crippen LogP contribution in [0.4, 0.5) is 15.8 Å². The molecule has 4 N–H and O–H groups in total. The summed E-state index contributed by atoms with van der Waals surface area (Å²) in [6.07, 6.45) is 0. The zero-order chi connectivity index (χ0) is 15.0. The van der Waals surface area contributed by atoms with E-state index in [1.165, 1.54) is 10.7 Å². The minimum absolute atomic E-state index is 0.235. The van der Waals surface area contributed by atoms with Crippen molar-refractivity contribution < 1.29 is 4.39 Å². The summed E-state index contributed by atoms with van der Waals surface area (Å²) in [5.74, 6) is -0.0926. The smallest absolute Gasteiger partial charge is 0.187 e. The van der Waals surface area contributed by atoms with E-state index in [9.17, 15) is 4.39 Å². The Kier molecular flexibility index (Phi) is 3.30. The Labute approximate surface area is 127 Å². The van der Waals surface area contributed by atoms with Crippen molar-refractivity contribution in [3.63, 3.8) is 0 Å². The highest BCUT2D eigenvalue weighted by Crippen LogP contribution is 2.26. The monoisotopic (exact) mass is 348 g/mol. The topological polar surface area (TPSA) is 95.6 Å². The fourth-order valence-electron chi connectivity index (χ4n) is 1.99. The van der Waals surface area contributed by atoms with Gasteiger partial charge in [0, 0.05) is 21.4 Å². The fourth-order valence-corrected chi connectivity index (χ4v) is 2.32. The summed E-state index contributed by atoms with van der Waals surface area (Å²) in [6, 6.07) is 9.60. The van der Waals surface area contributed by atoms with E-state index in [2.05, 4.69) is 31.5 Å². The second-order valence-electron chi connectivity index (χ2n) is 4.40. The Morgan fingerprint density at radius 1 is 1.05 bits per heavy atom. The van der Waals surface area contributed by atoms with Crippen LogP contribution in [0.2, 0.25) is 0 Å². The third-order valence-corrected chi connectivity index (χ3v) is 3.34. The first-order valence-electron chi connectivity index (χ1n) is 5.95. The number of nitrogens with zero attached hydrogens (tertiary/aromatic N) is 4. The molecule has 0 aliphatic rings. The first-order chi connectivity index (χ1) is 10.0. The van der Waals surface area contributed by atoms with E-state index in [0.29, 0.717) is 27.2 Å². The lowest BCUT2D eigenvalue weighted by Gasteiger charge is -2.07. The third kappa shape index (κ3) is 2.57. The van der Waals surface area contributed by atoms with Gasteiger partial charge in [0.2, 0.25) is 0 Å². The van der Waals surface area contributed by atoms with Crippen LogP contribution in [0.3, 0.4) is 0 Å². The number of anilines is 2. The van der Waals surface area contributed by atoms with Crippen molar-refractivity contribution in [2.75, 3.05) is 11.5 Å². The van der Waals surface area contributed by atoms with Crippen LogP contribution in [0, 0.1) is 5.82 Å². The van der Waals surface area contributed by atoms with Crippen molar-refractivity contribution >= 4 is 27.3 Å². The first kappa shape index (κ1) is 13.5. The van der Waals surface area contributed by atoms with Gasteiger partial charge in [-0.25, -0.2) is 4.39 Å². The largest absolute Gasteiger partial charge is 0.399 e. The van der Waals surface area contributed by atoms with Gasteiger partial charge in [0.25, 0.3) is 0 Å². The maximum atomic E-state index is 14.1. The average Bonchev–Trinajstić information content (AvgIpc) is 2.86. The van der Waals surface area contributed by atoms with Gasteiger partial charge in [-0.3, -0.25) is 0 Å². The van der Waals surface area contributed by atoms with Crippen molar-refractivity contribution in [3.8, 4) is 17.1 Å². The van der Waals surface area contributed by atoms with Crippen LogP contribution in [0.1, 0.15) is 0 Å². The fraction of sp³-hybridized carbons (Fsp3) is 0. The number of hydrogen-bond donors (Lipinski definition) is 2. The molecule has 0 fully saturated rings. The predicted octanol–water partition coefficient (Wildman–Crippen LogP) is 2.40. The number of hydrogen-bond acceptors (Lipinski definition) is 5. The minimum atomic E-state index is -0.449. The highest BCUT2D eigenvalue weighted by atomic mass is 79.9. The van der Waals surface area contributed by atoms with E-state index >= 15 is 0 Å². The summed E-state index contributed by atoms with van der Waals surface area (Å²) in [4.78, 5) is 0. The molecule has 0 saturated heterocycles. The highest BCUT2D eigenvalue weighted by molar-refractivity contribution is 9.10. The summed E-state index contributed by atoms with van der Waals surface area (Å²) in [7, 11) is 0. The number of halogens is 2. The number of tetrazole rings is 1. The lowest BCUT2D eigenvalue weighted by atomic mass is 10.1. The summed E-state index contributed by atoms with van der Waals surface area (Å²) in [6.45, 7) is 0. The van der Waals surface area contributed by atoms with Gasteiger partial charge < -0.3 is 11.5 Å². The first-order valence-corrected chi connectivity index (χ1v) is 6.74. The molecule has 0 aliphatic carbocycles. The number of nitrogen functional groups attached to an aromatic ring is 2. The van der Waals surface area contributed by atoms with Gasteiger partial charge in [-0.2, -0.15) is 4.68 Å². The molecule has 0 amide bonds. The van der Waals surface area contributed by atoms with Crippen LogP contribution in [-0.2, 0) is 0 Å². The Morgan fingerprint density at radius 2 is 1.76 bits per heavy atom. The summed E-state index contributed by atoms with van der Waals surface area (Å²) in [5, 5.41) is 11.4. The van der Waals surface area contributed by atoms with E-state index in [1.54, 1.807) is 30.3 Å². The molecule has 1 aromatic heterocycles. The Balaban J connectivity index is 2.17. The molecule has 0 spiro atoms. The molecule has 21 heavy (non-hydrogen) atoms. The van der Waals surface area contributed by atoms with Crippen molar-refractivity contribution in [1.82, 2.24) is 20.2 Å². The molecule has 0 unspecified atom stereocenters. The van der Waals surface area contributed by atoms with Crippen LogP contribution in [0.25, 0.3) is 17.1 Å². The Hall–Kier alpha value is -2.48. The molecule has 2 aromatic carbocycles.